The molecule has 140 valence electrons. The van der Waals surface area contributed by atoms with Crippen molar-refractivity contribution in [2.75, 3.05) is 6.61 Å². The molecule has 2 heterocycles. The molecular formula is C20H26N2O3S. The van der Waals surface area contributed by atoms with E-state index < -0.39 is 0 Å². The molecule has 0 radical (unpaired) electrons. The first kappa shape index (κ1) is 20.1. The maximum absolute atomic E-state index is 12.5. The molecule has 0 spiro atoms. The van der Waals surface area contributed by atoms with Gasteiger partial charge in [-0.15, -0.1) is 11.3 Å². The fraction of sp³-hybridized carbons (Fsp3) is 0.450. The van der Waals surface area contributed by atoms with Crippen molar-refractivity contribution in [1.82, 2.24) is 10.3 Å². The number of rotatable bonds is 9. The molecule has 0 aliphatic rings. The molecule has 0 fully saturated rings. The zero-order chi connectivity index (χ0) is 18.9. The summed E-state index contributed by atoms with van der Waals surface area (Å²) in [5.41, 5.74) is 0.926. The topological polar surface area (TPSA) is 68.3 Å². The summed E-state index contributed by atoms with van der Waals surface area (Å²) in [6, 6.07) is 9.81. The van der Waals surface area contributed by atoms with E-state index >= 15 is 0 Å². The minimum Gasteiger partial charge on any atom is -0.466 e. The predicted molar refractivity (Wildman–Crippen MR) is 104 cm³/mol. The number of hydrogen-bond donors (Lipinski definition) is 1. The lowest BCUT2D eigenvalue weighted by atomic mass is 9.93. The first-order chi connectivity index (χ1) is 12.5. The van der Waals surface area contributed by atoms with Crippen molar-refractivity contribution >= 4 is 23.2 Å². The number of nitrogens with zero attached hydrogens (tertiary/aromatic N) is 1. The highest BCUT2D eigenvalue weighted by Crippen LogP contribution is 2.26. The molecule has 0 bridgehead atoms. The van der Waals surface area contributed by atoms with Crippen LogP contribution in [0.4, 0.5) is 0 Å². The van der Waals surface area contributed by atoms with E-state index in [0.717, 1.165) is 15.4 Å². The maximum atomic E-state index is 12.5. The molecule has 6 heteroatoms. The number of aromatic nitrogens is 1. The highest BCUT2D eigenvalue weighted by molar-refractivity contribution is 7.15. The Morgan fingerprint density at radius 1 is 1.23 bits per heavy atom. The zero-order valence-electron chi connectivity index (χ0n) is 15.5. The highest BCUT2D eigenvalue weighted by atomic mass is 32.1. The van der Waals surface area contributed by atoms with E-state index in [1.165, 1.54) is 0 Å². The summed E-state index contributed by atoms with van der Waals surface area (Å²) in [6.45, 7) is 6.65. The molecule has 1 unspecified atom stereocenters. The minimum atomic E-state index is -0.357. The second kappa shape index (κ2) is 10.1. The Labute approximate surface area is 158 Å². The fourth-order valence-corrected chi connectivity index (χ4v) is 3.64. The summed E-state index contributed by atoms with van der Waals surface area (Å²) in [4.78, 5) is 30.8. The lowest BCUT2D eigenvalue weighted by Gasteiger charge is -2.17. The quantitative estimate of drug-likeness (QED) is 0.673. The van der Waals surface area contributed by atoms with E-state index in [0.29, 0.717) is 25.5 Å². The maximum Gasteiger partial charge on any atom is 0.306 e. The van der Waals surface area contributed by atoms with Crippen molar-refractivity contribution in [3.8, 4) is 10.6 Å². The number of esters is 1. The van der Waals surface area contributed by atoms with E-state index in [1.54, 1.807) is 24.5 Å². The Bertz CT molecular complexity index is 713. The molecule has 0 aliphatic heterocycles. The molecule has 2 aromatic heterocycles. The fourth-order valence-electron chi connectivity index (χ4n) is 2.71. The van der Waals surface area contributed by atoms with Gasteiger partial charge >= 0.3 is 5.97 Å². The Balaban J connectivity index is 1.94. The summed E-state index contributed by atoms with van der Waals surface area (Å²) in [5.74, 6) is -0.441. The normalized spacial score (nSPS) is 12.0. The van der Waals surface area contributed by atoms with Crippen LogP contribution in [0.5, 0.6) is 0 Å². The molecule has 26 heavy (non-hydrogen) atoms. The average molecular weight is 375 g/mol. The van der Waals surface area contributed by atoms with Crippen molar-refractivity contribution in [3.05, 3.63) is 41.4 Å². The van der Waals surface area contributed by atoms with E-state index in [4.69, 9.17) is 4.74 Å². The molecule has 1 atom stereocenters. The second-order valence-corrected chi connectivity index (χ2v) is 7.70. The van der Waals surface area contributed by atoms with E-state index in [1.807, 2.05) is 44.2 Å². The summed E-state index contributed by atoms with van der Waals surface area (Å²) >= 11 is 1.61. The summed E-state index contributed by atoms with van der Waals surface area (Å²) in [6.07, 6.45) is 2.55. The first-order valence-corrected chi connectivity index (χ1v) is 9.74. The average Bonchev–Trinajstić information content (AvgIpc) is 3.09. The van der Waals surface area contributed by atoms with Gasteiger partial charge in [0, 0.05) is 17.0 Å². The standard InChI is InChI=1S/C20H26N2O3S/c1-4-25-19(23)12-15(11-14(2)3)20(24)22-13-16-8-9-18(26-16)17-7-5-6-10-21-17/h5-10,14-15H,4,11-13H2,1-3H3,(H,22,24). The number of carbonyl (C=O) groups is 2. The molecule has 0 saturated carbocycles. The van der Waals surface area contributed by atoms with Crippen LogP contribution in [-0.4, -0.2) is 23.5 Å². The van der Waals surface area contributed by atoms with Crippen LogP contribution in [0.1, 0.15) is 38.5 Å². The van der Waals surface area contributed by atoms with Gasteiger partial charge < -0.3 is 10.1 Å². The predicted octanol–water partition coefficient (Wildman–Crippen LogP) is 4.04. The minimum absolute atomic E-state index is 0.0976. The van der Waals surface area contributed by atoms with Gasteiger partial charge in [-0.25, -0.2) is 0 Å². The molecule has 1 amide bonds. The van der Waals surface area contributed by atoms with Crippen LogP contribution >= 0.6 is 11.3 Å². The van der Waals surface area contributed by atoms with Crippen LogP contribution in [-0.2, 0) is 20.9 Å². The molecule has 0 saturated heterocycles. The number of pyridine rings is 1. The Morgan fingerprint density at radius 3 is 2.69 bits per heavy atom. The van der Waals surface area contributed by atoms with Gasteiger partial charge in [-0.1, -0.05) is 19.9 Å². The van der Waals surface area contributed by atoms with Gasteiger partial charge in [-0.3, -0.25) is 14.6 Å². The van der Waals surface area contributed by atoms with E-state index in [9.17, 15) is 9.59 Å². The van der Waals surface area contributed by atoms with Gasteiger partial charge in [-0.05, 0) is 43.5 Å². The molecule has 2 aromatic rings. The monoisotopic (exact) mass is 374 g/mol. The van der Waals surface area contributed by atoms with Gasteiger partial charge in [0.15, 0.2) is 0 Å². The number of amides is 1. The molecular weight excluding hydrogens is 348 g/mol. The number of thiophene rings is 1. The number of carbonyl (C=O) groups excluding carboxylic acids is 2. The Hall–Kier alpha value is -2.21. The summed E-state index contributed by atoms with van der Waals surface area (Å²) in [7, 11) is 0. The van der Waals surface area contributed by atoms with Gasteiger partial charge in [0.1, 0.15) is 0 Å². The Kier molecular flexibility index (Phi) is 7.78. The number of nitrogens with one attached hydrogen (secondary N) is 1. The van der Waals surface area contributed by atoms with Crippen LogP contribution < -0.4 is 5.32 Å². The van der Waals surface area contributed by atoms with Gasteiger partial charge in [0.2, 0.25) is 5.91 Å². The summed E-state index contributed by atoms with van der Waals surface area (Å²) in [5, 5.41) is 2.96. The van der Waals surface area contributed by atoms with Crippen molar-refractivity contribution in [3.63, 3.8) is 0 Å². The molecule has 0 aromatic carbocycles. The Morgan fingerprint density at radius 2 is 2.04 bits per heavy atom. The smallest absolute Gasteiger partial charge is 0.306 e. The third-order valence-electron chi connectivity index (χ3n) is 3.86. The van der Waals surface area contributed by atoms with Crippen molar-refractivity contribution in [2.24, 2.45) is 11.8 Å². The van der Waals surface area contributed by atoms with Crippen LogP contribution in [0, 0.1) is 11.8 Å². The zero-order valence-corrected chi connectivity index (χ0v) is 16.3. The molecule has 2 rings (SSSR count). The van der Waals surface area contributed by atoms with Crippen LogP contribution in [0.3, 0.4) is 0 Å². The third-order valence-corrected chi connectivity index (χ3v) is 4.97. The van der Waals surface area contributed by atoms with Crippen molar-refractivity contribution in [2.45, 2.75) is 40.2 Å². The van der Waals surface area contributed by atoms with E-state index in [2.05, 4.69) is 10.3 Å². The molecule has 5 nitrogen and oxygen atoms in total. The van der Waals surface area contributed by atoms with Crippen LogP contribution in [0.15, 0.2) is 36.5 Å². The second-order valence-electron chi connectivity index (χ2n) is 6.53. The largest absolute Gasteiger partial charge is 0.466 e. The van der Waals surface area contributed by atoms with Gasteiger partial charge in [-0.2, -0.15) is 0 Å². The lowest BCUT2D eigenvalue weighted by molar-refractivity contribution is -0.146. The highest BCUT2D eigenvalue weighted by Gasteiger charge is 2.23. The number of ether oxygens (including phenoxy) is 1. The van der Waals surface area contributed by atoms with Crippen LogP contribution in [0.2, 0.25) is 0 Å². The molecule has 0 aliphatic carbocycles. The SMILES string of the molecule is CCOC(=O)CC(CC(C)C)C(=O)NCc1ccc(-c2ccccn2)s1. The van der Waals surface area contributed by atoms with Gasteiger partial charge in [0.05, 0.1) is 30.1 Å². The lowest BCUT2D eigenvalue weighted by Crippen LogP contribution is -2.32. The van der Waals surface area contributed by atoms with Crippen molar-refractivity contribution < 1.29 is 14.3 Å². The van der Waals surface area contributed by atoms with Gasteiger partial charge in [0.25, 0.3) is 0 Å². The van der Waals surface area contributed by atoms with E-state index in [-0.39, 0.29) is 24.2 Å². The number of hydrogen-bond acceptors (Lipinski definition) is 5. The van der Waals surface area contributed by atoms with Crippen molar-refractivity contribution in [1.29, 1.82) is 0 Å². The first-order valence-electron chi connectivity index (χ1n) is 8.93. The molecule has 1 N–H and O–H groups in total. The van der Waals surface area contributed by atoms with Crippen LogP contribution in [0.25, 0.3) is 10.6 Å². The summed E-state index contributed by atoms with van der Waals surface area (Å²) < 4.78 is 5.00. The third kappa shape index (κ3) is 6.26.